The van der Waals surface area contributed by atoms with Gasteiger partial charge in [0.05, 0.1) is 28.3 Å². The van der Waals surface area contributed by atoms with Crippen molar-refractivity contribution in [2.75, 3.05) is 13.1 Å². The Bertz CT molecular complexity index is 1070. The summed E-state index contributed by atoms with van der Waals surface area (Å²) in [5, 5.41) is 14.6. The molecule has 1 aliphatic heterocycles. The Morgan fingerprint density at radius 3 is 2.54 bits per heavy atom. The van der Waals surface area contributed by atoms with E-state index in [1.807, 2.05) is 51.2 Å². The van der Waals surface area contributed by atoms with Crippen LogP contribution in [0.3, 0.4) is 0 Å². The fourth-order valence-electron chi connectivity index (χ4n) is 3.99. The predicted octanol–water partition coefficient (Wildman–Crippen LogP) is 2.74. The summed E-state index contributed by atoms with van der Waals surface area (Å²) in [7, 11) is 1.81. The van der Waals surface area contributed by atoms with E-state index in [4.69, 9.17) is 4.98 Å². The van der Waals surface area contributed by atoms with Gasteiger partial charge in [-0.05, 0) is 18.9 Å². The summed E-state index contributed by atoms with van der Waals surface area (Å²) < 4.78 is 1.68. The van der Waals surface area contributed by atoms with E-state index in [0.29, 0.717) is 23.4 Å². The molecule has 1 amide bonds. The van der Waals surface area contributed by atoms with Crippen LogP contribution in [-0.4, -0.2) is 49.7 Å². The number of benzene rings is 1. The van der Waals surface area contributed by atoms with Gasteiger partial charge in [-0.3, -0.25) is 14.3 Å². The minimum Gasteiger partial charge on any atom is -0.481 e. The fraction of sp³-hybridized carbons (Fsp3) is 0.333. The molecule has 1 aliphatic rings. The Labute approximate surface area is 162 Å². The number of fused-ring (bicyclic) bond motifs is 1. The van der Waals surface area contributed by atoms with E-state index < -0.39 is 11.9 Å². The summed E-state index contributed by atoms with van der Waals surface area (Å²) in [6.07, 6.45) is 0. The minimum atomic E-state index is -0.856. The molecule has 7 heteroatoms. The Morgan fingerprint density at radius 1 is 1.18 bits per heavy atom. The van der Waals surface area contributed by atoms with E-state index in [2.05, 4.69) is 5.10 Å². The van der Waals surface area contributed by atoms with Gasteiger partial charge in [-0.25, -0.2) is 4.98 Å². The molecule has 0 radical (unpaired) electrons. The van der Waals surface area contributed by atoms with Crippen LogP contribution in [0.4, 0.5) is 0 Å². The van der Waals surface area contributed by atoms with Crippen molar-refractivity contribution in [2.45, 2.75) is 13.8 Å². The van der Waals surface area contributed by atoms with E-state index in [0.717, 1.165) is 16.6 Å². The van der Waals surface area contributed by atoms with Crippen LogP contribution in [0.25, 0.3) is 22.3 Å². The van der Waals surface area contributed by atoms with Crippen LogP contribution in [0.15, 0.2) is 36.4 Å². The maximum absolute atomic E-state index is 13.4. The first-order valence-corrected chi connectivity index (χ1v) is 9.28. The molecule has 0 spiro atoms. The molecular weight excluding hydrogens is 356 g/mol. The molecular formula is C21H22N4O3. The second-order valence-electron chi connectivity index (χ2n) is 7.46. The Morgan fingerprint density at radius 2 is 1.89 bits per heavy atom. The number of aryl methyl sites for hydroxylation is 2. The highest BCUT2D eigenvalue weighted by atomic mass is 16.4. The van der Waals surface area contributed by atoms with Crippen molar-refractivity contribution in [1.29, 1.82) is 0 Å². The van der Waals surface area contributed by atoms with Gasteiger partial charge in [-0.2, -0.15) is 5.10 Å². The first kappa shape index (κ1) is 18.2. The topological polar surface area (TPSA) is 88.3 Å². The summed E-state index contributed by atoms with van der Waals surface area (Å²) >= 11 is 0. The maximum Gasteiger partial charge on any atom is 0.308 e. The average Bonchev–Trinajstić information content (AvgIpc) is 3.21. The van der Waals surface area contributed by atoms with Crippen LogP contribution >= 0.6 is 0 Å². The quantitative estimate of drug-likeness (QED) is 0.757. The molecule has 28 heavy (non-hydrogen) atoms. The number of rotatable bonds is 3. The zero-order valence-electron chi connectivity index (χ0n) is 16.1. The third-order valence-electron chi connectivity index (χ3n) is 5.49. The van der Waals surface area contributed by atoms with Crippen molar-refractivity contribution in [2.24, 2.45) is 18.9 Å². The lowest BCUT2D eigenvalue weighted by molar-refractivity contribution is -0.142. The molecule has 1 fully saturated rings. The van der Waals surface area contributed by atoms with Gasteiger partial charge in [0, 0.05) is 25.7 Å². The van der Waals surface area contributed by atoms with Crippen LogP contribution in [0, 0.1) is 18.8 Å². The Hall–Kier alpha value is -3.22. The average molecular weight is 378 g/mol. The monoisotopic (exact) mass is 378 g/mol. The largest absolute Gasteiger partial charge is 0.481 e. The van der Waals surface area contributed by atoms with Crippen molar-refractivity contribution in [3.8, 4) is 11.3 Å². The third-order valence-corrected chi connectivity index (χ3v) is 5.49. The molecule has 3 aromatic rings. The number of carbonyl (C=O) groups is 2. The van der Waals surface area contributed by atoms with Gasteiger partial charge in [-0.15, -0.1) is 0 Å². The van der Waals surface area contributed by atoms with E-state index >= 15 is 0 Å². The van der Waals surface area contributed by atoms with Gasteiger partial charge in [-0.1, -0.05) is 37.3 Å². The number of carbonyl (C=O) groups excluding carboxylic acids is 1. The number of carboxylic acids is 1. The van der Waals surface area contributed by atoms with Crippen molar-refractivity contribution < 1.29 is 14.7 Å². The third kappa shape index (κ3) is 2.93. The van der Waals surface area contributed by atoms with Crippen molar-refractivity contribution in [1.82, 2.24) is 19.7 Å². The second-order valence-corrected chi connectivity index (χ2v) is 7.46. The molecule has 2 atom stereocenters. The molecule has 3 heterocycles. The highest BCUT2D eigenvalue weighted by Gasteiger charge is 2.38. The number of likely N-dealkylation sites (tertiary alicyclic amines) is 1. The minimum absolute atomic E-state index is 0.0811. The van der Waals surface area contributed by atoms with E-state index in [1.54, 1.807) is 15.6 Å². The molecule has 0 unspecified atom stereocenters. The molecule has 0 aliphatic carbocycles. The first-order chi connectivity index (χ1) is 13.4. The number of hydrogen-bond donors (Lipinski definition) is 1. The van der Waals surface area contributed by atoms with Gasteiger partial charge in [0.15, 0.2) is 5.65 Å². The number of carboxylic acid groups (broad SMARTS) is 1. The lowest BCUT2D eigenvalue weighted by atomic mass is 9.99. The summed E-state index contributed by atoms with van der Waals surface area (Å²) in [5.74, 6) is -1.64. The summed E-state index contributed by atoms with van der Waals surface area (Å²) in [6, 6.07) is 11.5. The number of nitrogens with zero attached hydrogens (tertiary/aromatic N) is 4. The lowest BCUT2D eigenvalue weighted by Crippen LogP contribution is -2.30. The van der Waals surface area contributed by atoms with E-state index in [-0.39, 0.29) is 18.4 Å². The smallest absolute Gasteiger partial charge is 0.308 e. The van der Waals surface area contributed by atoms with Crippen LogP contribution < -0.4 is 0 Å². The summed E-state index contributed by atoms with van der Waals surface area (Å²) in [4.78, 5) is 31.2. The normalized spacial score (nSPS) is 19.3. The number of amides is 1. The Kier molecular flexibility index (Phi) is 4.37. The number of aliphatic carboxylic acids is 1. The maximum atomic E-state index is 13.4. The molecule has 144 valence electrons. The number of hydrogen-bond acceptors (Lipinski definition) is 4. The van der Waals surface area contributed by atoms with Crippen LogP contribution in [0.2, 0.25) is 0 Å². The second kappa shape index (κ2) is 6.74. The summed E-state index contributed by atoms with van der Waals surface area (Å²) in [6.45, 7) is 4.38. The Balaban J connectivity index is 1.84. The molecule has 1 N–H and O–H groups in total. The number of pyridine rings is 1. The highest BCUT2D eigenvalue weighted by molar-refractivity contribution is 6.07. The molecule has 7 nitrogen and oxygen atoms in total. The van der Waals surface area contributed by atoms with E-state index in [1.165, 1.54) is 0 Å². The van der Waals surface area contributed by atoms with Crippen LogP contribution in [0.5, 0.6) is 0 Å². The highest BCUT2D eigenvalue weighted by Crippen LogP contribution is 2.30. The molecule has 1 aromatic carbocycles. The zero-order chi connectivity index (χ0) is 20.0. The number of aromatic nitrogens is 3. The van der Waals surface area contributed by atoms with Gasteiger partial charge in [0.2, 0.25) is 0 Å². The van der Waals surface area contributed by atoms with Crippen LogP contribution in [-0.2, 0) is 11.8 Å². The molecule has 1 saturated heterocycles. The van der Waals surface area contributed by atoms with Crippen LogP contribution in [0.1, 0.15) is 23.0 Å². The van der Waals surface area contributed by atoms with Crippen molar-refractivity contribution in [3.63, 3.8) is 0 Å². The zero-order valence-corrected chi connectivity index (χ0v) is 16.1. The van der Waals surface area contributed by atoms with Gasteiger partial charge < -0.3 is 10.0 Å². The SMILES string of the molecule is Cc1nn(C)c2nc(-c3ccccc3)cc(C(=O)N3C[C@@H](C)[C@H](C(=O)O)C3)c12. The summed E-state index contributed by atoms with van der Waals surface area (Å²) in [5.41, 5.74) is 3.50. The molecule has 4 rings (SSSR count). The van der Waals surface area contributed by atoms with Crippen molar-refractivity contribution >= 4 is 22.9 Å². The molecule has 2 aromatic heterocycles. The predicted molar refractivity (Wildman–Crippen MR) is 105 cm³/mol. The molecule has 0 saturated carbocycles. The van der Waals surface area contributed by atoms with Gasteiger partial charge >= 0.3 is 5.97 Å². The standard InChI is InChI=1S/C21H22N4O3/c1-12-10-25(11-16(12)21(27)28)20(26)15-9-17(14-7-5-4-6-8-14)22-19-18(15)13(2)23-24(19)3/h4-9,12,16H,10-11H2,1-3H3,(H,27,28)/t12-,16-/m1/s1. The lowest BCUT2D eigenvalue weighted by Gasteiger charge is -2.17. The van der Waals surface area contributed by atoms with E-state index in [9.17, 15) is 14.7 Å². The fourth-order valence-corrected chi connectivity index (χ4v) is 3.99. The molecule has 0 bridgehead atoms. The van der Waals surface area contributed by atoms with Crippen molar-refractivity contribution in [3.05, 3.63) is 47.7 Å². The first-order valence-electron chi connectivity index (χ1n) is 9.28. The van der Waals surface area contributed by atoms with Gasteiger partial charge in [0.25, 0.3) is 5.91 Å². The van der Waals surface area contributed by atoms with Gasteiger partial charge in [0.1, 0.15) is 0 Å².